The van der Waals surface area contributed by atoms with Crippen LogP contribution in [0.3, 0.4) is 0 Å². The van der Waals surface area contributed by atoms with E-state index in [1.807, 2.05) is 26.0 Å². The maximum Gasteiger partial charge on any atom is 0.188 e. The summed E-state index contributed by atoms with van der Waals surface area (Å²) in [4.78, 5) is 6.73. The Morgan fingerprint density at radius 3 is 2.58 bits per heavy atom. The fraction of sp³-hybridized carbons (Fsp3) is 0.643. The summed E-state index contributed by atoms with van der Waals surface area (Å²) in [6, 6.07) is 4.33. The number of rotatable bonds is 7. The molecule has 3 N–H and O–H groups in total. The lowest BCUT2D eigenvalue weighted by Gasteiger charge is -2.26. The van der Waals surface area contributed by atoms with Crippen molar-refractivity contribution >= 4 is 5.96 Å². The van der Waals surface area contributed by atoms with Gasteiger partial charge in [-0.25, -0.2) is 0 Å². The zero-order chi connectivity index (χ0) is 14.3. The number of hydrogen-bond donors (Lipinski definition) is 2. The highest BCUT2D eigenvalue weighted by molar-refractivity contribution is 5.78. The topological polar surface area (TPSA) is 66.8 Å². The molecule has 108 valence electrons. The van der Waals surface area contributed by atoms with E-state index >= 15 is 0 Å². The first-order valence-corrected chi connectivity index (χ1v) is 6.92. The van der Waals surface area contributed by atoms with E-state index in [4.69, 9.17) is 10.2 Å². The molecular weight excluding hydrogens is 240 g/mol. The summed E-state index contributed by atoms with van der Waals surface area (Å²) in [5.41, 5.74) is 5.85. The third-order valence-electron chi connectivity index (χ3n) is 3.00. The first kappa shape index (κ1) is 15.6. The van der Waals surface area contributed by atoms with Gasteiger partial charge >= 0.3 is 0 Å². The zero-order valence-electron chi connectivity index (χ0n) is 12.4. The van der Waals surface area contributed by atoms with E-state index in [1.165, 1.54) is 0 Å². The van der Waals surface area contributed by atoms with Gasteiger partial charge in [0, 0.05) is 6.04 Å². The molecule has 0 fully saturated rings. The Balaban J connectivity index is 2.75. The SMILES string of the molecule is CCN(CC)C(CN=C(N)NC(C)C)c1ccco1. The molecule has 1 atom stereocenters. The number of guanidine groups is 1. The molecule has 1 unspecified atom stereocenters. The fourth-order valence-electron chi connectivity index (χ4n) is 2.06. The highest BCUT2D eigenvalue weighted by atomic mass is 16.3. The summed E-state index contributed by atoms with van der Waals surface area (Å²) < 4.78 is 5.52. The smallest absolute Gasteiger partial charge is 0.188 e. The molecule has 0 radical (unpaired) electrons. The van der Waals surface area contributed by atoms with Gasteiger partial charge in [-0.1, -0.05) is 13.8 Å². The van der Waals surface area contributed by atoms with Crippen molar-refractivity contribution in [2.24, 2.45) is 10.7 Å². The summed E-state index contributed by atoms with van der Waals surface area (Å²) >= 11 is 0. The molecule has 5 nitrogen and oxygen atoms in total. The molecule has 5 heteroatoms. The molecule has 0 saturated carbocycles. The molecule has 19 heavy (non-hydrogen) atoms. The Hall–Kier alpha value is -1.49. The molecule has 0 aliphatic carbocycles. The lowest BCUT2D eigenvalue weighted by atomic mass is 10.2. The van der Waals surface area contributed by atoms with E-state index < -0.39 is 0 Å². The van der Waals surface area contributed by atoms with Crippen LogP contribution < -0.4 is 11.1 Å². The minimum atomic E-state index is 0.137. The van der Waals surface area contributed by atoms with E-state index in [2.05, 4.69) is 29.1 Å². The van der Waals surface area contributed by atoms with Crippen LogP contribution in [0.25, 0.3) is 0 Å². The first-order chi connectivity index (χ1) is 9.08. The largest absolute Gasteiger partial charge is 0.468 e. The van der Waals surface area contributed by atoms with Crippen molar-refractivity contribution < 1.29 is 4.42 Å². The van der Waals surface area contributed by atoms with E-state index in [9.17, 15) is 0 Å². The lowest BCUT2D eigenvalue weighted by molar-refractivity contribution is 0.198. The highest BCUT2D eigenvalue weighted by Gasteiger charge is 2.20. The van der Waals surface area contributed by atoms with Gasteiger partial charge in [0.15, 0.2) is 5.96 Å². The molecular formula is C14H26N4O. The molecule has 0 spiro atoms. The number of nitrogens with two attached hydrogens (primary N) is 1. The molecule has 1 aromatic rings. The van der Waals surface area contributed by atoms with Crippen LogP contribution in [0.15, 0.2) is 27.8 Å². The maximum atomic E-state index is 5.85. The van der Waals surface area contributed by atoms with E-state index in [-0.39, 0.29) is 6.04 Å². The van der Waals surface area contributed by atoms with Gasteiger partial charge in [-0.15, -0.1) is 0 Å². The van der Waals surface area contributed by atoms with Gasteiger partial charge in [0.2, 0.25) is 0 Å². The Kier molecular flexibility index (Phi) is 6.42. The van der Waals surface area contributed by atoms with Gasteiger partial charge < -0.3 is 15.5 Å². The van der Waals surface area contributed by atoms with Crippen molar-refractivity contribution in [2.75, 3.05) is 19.6 Å². The molecule has 1 rings (SSSR count). The fourth-order valence-corrected chi connectivity index (χ4v) is 2.06. The molecule has 0 bridgehead atoms. The number of hydrogen-bond acceptors (Lipinski definition) is 3. The third-order valence-corrected chi connectivity index (χ3v) is 3.00. The minimum Gasteiger partial charge on any atom is -0.468 e. The normalized spacial score (nSPS) is 14.1. The third kappa shape index (κ3) is 4.95. The summed E-state index contributed by atoms with van der Waals surface area (Å²) in [5, 5.41) is 3.10. The maximum absolute atomic E-state index is 5.85. The molecule has 1 aromatic heterocycles. The minimum absolute atomic E-state index is 0.137. The van der Waals surface area contributed by atoms with Crippen LogP contribution in [-0.2, 0) is 0 Å². The summed E-state index contributed by atoms with van der Waals surface area (Å²) in [5.74, 6) is 1.42. The number of nitrogens with zero attached hydrogens (tertiary/aromatic N) is 2. The summed E-state index contributed by atoms with van der Waals surface area (Å²) in [7, 11) is 0. The molecule has 1 heterocycles. The van der Waals surface area contributed by atoms with Crippen molar-refractivity contribution in [3.63, 3.8) is 0 Å². The van der Waals surface area contributed by atoms with Crippen LogP contribution in [0.2, 0.25) is 0 Å². The van der Waals surface area contributed by atoms with Crippen LogP contribution in [0.5, 0.6) is 0 Å². The average molecular weight is 266 g/mol. The lowest BCUT2D eigenvalue weighted by Crippen LogP contribution is -2.38. The molecule has 0 aliphatic rings. The van der Waals surface area contributed by atoms with Crippen molar-refractivity contribution in [1.29, 1.82) is 0 Å². The second-order valence-corrected chi connectivity index (χ2v) is 4.78. The number of furan rings is 1. The Bertz CT molecular complexity index is 369. The Labute approximate surface area is 115 Å². The number of nitrogens with one attached hydrogen (secondary N) is 1. The summed E-state index contributed by atoms with van der Waals surface area (Å²) in [6.45, 7) is 10.9. The van der Waals surface area contributed by atoms with Crippen LogP contribution in [-0.4, -0.2) is 36.5 Å². The predicted octanol–water partition coefficient (Wildman–Crippen LogP) is 1.98. The van der Waals surface area contributed by atoms with E-state index in [0.717, 1.165) is 18.8 Å². The van der Waals surface area contributed by atoms with E-state index in [0.29, 0.717) is 18.5 Å². The van der Waals surface area contributed by atoms with Crippen molar-refractivity contribution in [3.05, 3.63) is 24.2 Å². The van der Waals surface area contributed by atoms with Gasteiger partial charge in [0.1, 0.15) is 5.76 Å². The second kappa shape index (κ2) is 7.84. The van der Waals surface area contributed by atoms with Gasteiger partial charge in [0.05, 0.1) is 18.8 Å². The van der Waals surface area contributed by atoms with Gasteiger partial charge in [0.25, 0.3) is 0 Å². The van der Waals surface area contributed by atoms with Gasteiger partial charge in [-0.05, 0) is 39.1 Å². The second-order valence-electron chi connectivity index (χ2n) is 4.78. The number of likely N-dealkylation sites (N-methyl/N-ethyl adjacent to an activating group) is 1. The molecule has 0 aliphatic heterocycles. The molecule has 0 amide bonds. The van der Waals surface area contributed by atoms with Crippen LogP contribution >= 0.6 is 0 Å². The predicted molar refractivity (Wildman–Crippen MR) is 79.1 cm³/mol. The van der Waals surface area contributed by atoms with E-state index in [1.54, 1.807) is 6.26 Å². The first-order valence-electron chi connectivity index (χ1n) is 6.92. The van der Waals surface area contributed by atoms with Crippen molar-refractivity contribution in [3.8, 4) is 0 Å². The van der Waals surface area contributed by atoms with Gasteiger partial charge in [-0.2, -0.15) is 0 Å². The molecule has 0 aromatic carbocycles. The van der Waals surface area contributed by atoms with Crippen LogP contribution in [0.4, 0.5) is 0 Å². The average Bonchev–Trinajstić information content (AvgIpc) is 2.87. The molecule has 0 saturated heterocycles. The Morgan fingerprint density at radius 1 is 1.42 bits per heavy atom. The number of aliphatic imine (C=N–C) groups is 1. The Morgan fingerprint density at radius 2 is 2.11 bits per heavy atom. The quantitative estimate of drug-likeness (QED) is 0.585. The highest BCUT2D eigenvalue weighted by Crippen LogP contribution is 2.21. The van der Waals surface area contributed by atoms with Crippen LogP contribution in [0.1, 0.15) is 39.5 Å². The standard InChI is InChI=1S/C14H26N4O/c1-5-18(6-2)12(13-8-7-9-19-13)10-16-14(15)17-11(3)4/h7-9,11-12H,5-6,10H2,1-4H3,(H3,15,16,17). The van der Waals surface area contributed by atoms with Gasteiger partial charge in [-0.3, -0.25) is 9.89 Å². The van der Waals surface area contributed by atoms with Crippen LogP contribution in [0, 0.1) is 0 Å². The van der Waals surface area contributed by atoms with Crippen molar-refractivity contribution in [1.82, 2.24) is 10.2 Å². The van der Waals surface area contributed by atoms with Crippen molar-refractivity contribution in [2.45, 2.75) is 39.8 Å². The summed E-state index contributed by atoms with van der Waals surface area (Å²) in [6.07, 6.45) is 1.70. The zero-order valence-corrected chi connectivity index (χ0v) is 12.4. The monoisotopic (exact) mass is 266 g/mol.